The van der Waals surface area contributed by atoms with Crippen molar-refractivity contribution in [3.05, 3.63) is 50.9 Å². The van der Waals surface area contributed by atoms with Crippen LogP contribution < -0.4 is 5.32 Å². The molecular weight excluding hydrogens is 361 g/mol. The molecule has 0 bridgehead atoms. The Kier molecular flexibility index (Phi) is 5.60. The molecule has 0 amide bonds. The number of nitrogens with zero attached hydrogens (tertiary/aromatic N) is 2. The van der Waals surface area contributed by atoms with Gasteiger partial charge < -0.3 is 5.32 Å². The first-order valence-electron chi connectivity index (χ1n) is 7.14. The Morgan fingerprint density at radius 3 is 2.55 bits per heavy atom. The van der Waals surface area contributed by atoms with Crippen molar-refractivity contribution in [2.75, 3.05) is 6.54 Å². The number of rotatable bonds is 6. The first-order chi connectivity index (χ1) is 9.63. The zero-order valence-electron chi connectivity index (χ0n) is 12.4. The second-order valence-electron chi connectivity index (χ2n) is 5.00. The van der Waals surface area contributed by atoms with E-state index in [1.165, 1.54) is 20.4 Å². The standard InChI is InChI=1S/C16H22IN3/c1-4-15-14(11-20(3)19-15)16(18-5-2)10-12-6-8-13(17)9-7-12/h6-9,11,16,18H,4-5,10H2,1-3H3. The fraction of sp³-hybridized carbons (Fsp3) is 0.438. The molecule has 0 spiro atoms. The molecule has 0 saturated carbocycles. The summed E-state index contributed by atoms with van der Waals surface area (Å²) >= 11 is 2.34. The van der Waals surface area contributed by atoms with Gasteiger partial charge >= 0.3 is 0 Å². The number of halogens is 1. The number of aromatic nitrogens is 2. The van der Waals surface area contributed by atoms with Crippen molar-refractivity contribution in [3.63, 3.8) is 0 Å². The van der Waals surface area contributed by atoms with Gasteiger partial charge in [-0.05, 0) is 59.7 Å². The predicted molar refractivity (Wildman–Crippen MR) is 91.9 cm³/mol. The Labute approximate surface area is 134 Å². The number of aryl methyl sites for hydroxylation is 2. The van der Waals surface area contributed by atoms with Gasteiger partial charge in [0.2, 0.25) is 0 Å². The molecule has 20 heavy (non-hydrogen) atoms. The summed E-state index contributed by atoms with van der Waals surface area (Å²) in [5.41, 5.74) is 3.89. The zero-order valence-corrected chi connectivity index (χ0v) is 14.5. The number of benzene rings is 1. The summed E-state index contributed by atoms with van der Waals surface area (Å²) in [4.78, 5) is 0. The third kappa shape index (κ3) is 3.82. The van der Waals surface area contributed by atoms with Crippen molar-refractivity contribution in [2.24, 2.45) is 7.05 Å². The molecule has 108 valence electrons. The molecule has 0 aliphatic carbocycles. The van der Waals surface area contributed by atoms with Crippen LogP contribution in [0.15, 0.2) is 30.5 Å². The molecule has 0 saturated heterocycles. The molecule has 2 rings (SSSR count). The number of nitrogens with one attached hydrogen (secondary N) is 1. The molecule has 1 heterocycles. The highest BCUT2D eigenvalue weighted by Crippen LogP contribution is 2.22. The second kappa shape index (κ2) is 7.22. The van der Waals surface area contributed by atoms with E-state index in [-0.39, 0.29) is 0 Å². The lowest BCUT2D eigenvalue weighted by Gasteiger charge is -2.18. The van der Waals surface area contributed by atoms with Crippen LogP contribution in [0.4, 0.5) is 0 Å². The molecule has 0 radical (unpaired) electrons. The Balaban J connectivity index is 2.23. The average molecular weight is 383 g/mol. The second-order valence-corrected chi connectivity index (χ2v) is 6.24. The summed E-state index contributed by atoms with van der Waals surface area (Å²) in [5, 5.41) is 8.16. The minimum absolute atomic E-state index is 0.337. The zero-order chi connectivity index (χ0) is 14.5. The highest BCUT2D eigenvalue weighted by Gasteiger charge is 2.17. The van der Waals surface area contributed by atoms with Crippen LogP contribution in [0.1, 0.15) is 36.7 Å². The molecule has 1 unspecified atom stereocenters. The van der Waals surface area contributed by atoms with Crippen LogP contribution >= 0.6 is 22.6 Å². The van der Waals surface area contributed by atoms with Gasteiger partial charge in [-0.15, -0.1) is 0 Å². The van der Waals surface area contributed by atoms with E-state index in [2.05, 4.69) is 77.3 Å². The normalized spacial score (nSPS) is 12.6. The third-order valence-electron chi connectivity index (χ3n) is 3.45. The maximum Gasteiger partial charge on any atom is 0.0669 e. The van der Waals surface area contributed by atoms with Crippen molar-refractivity contribution in [1.82, 2.24) is 15.1 Å². The summed E-state index contributed by atoms with van der Waals surface area (Å²) in [6.07, 6.45) is 4.13. The van der Waals surface area contributed by atoms with Crippen LogP contribution in [0.2, 0.25) is 0 Å². The molecule has 4 heteroatoms. The fourth-order valence-electron chi connectivity index (χ4n) is 2.51. The van der Waals surface area contributed by atoms with Crippen LogP contribution in [0, 0.1) is 3.57 Å². The van der Waals surface area contributed by atoms with Crippen LogP contribution in [0.3, 0.4) is 0 Å². The van der Waals surface area contributed by atoms with Gasteiger partial charge in [0.25, 0.3) is 0 Å². The van der Waals surface area contributed by atoms with Crippen molar-refractivity contribution in [3.8, 4) is 0 Å². The van der Waals surface area contributed by atoms with Gasteiger partial charge in [-0.3, -0.25) is 4.68 Å². The van der Waals surface area contributed by atoms with Crippen LogP contribution in [-0.4, -0.2) is 16.3 Å². The average Bonchev–Trinajstić information content (AvgIpc) is 2.82. The van der Waals surface area contributed by atoms with Crippen molar-refractivity contribution < 1.29 is 0 Å². The summed E-state index contributed by atoms with van der Waals surface area (Å²) in [5.74, 6) is 0. The van der Waals surface area contributed by atoms with E-state index < -0.39 is 0 Å². The minimum Gasteiger partial charge on any atom is -0.310 e. The van der Waals surface area contributed by atoms with Gasteiger partial charge in [-0.25, -0.2) is 0 Å². The lowest BCUT2D eigenvalue weighted by atomic mass is 9.98. The monoisotopic (exact) mass is 383 g/mol. The largest absolute Gasteiger partial charge is 0.310 e. The van der Waals surface area contributed by atoms with Gasteiger partial charge in [0.15, 0.2) is 0 Å². The number of likely N-dealkylation sites (N-methyl/N-ethyl adjacent to an activating group) is 1. The van der Waals surface area contributed by atoms with E-state index in [0.29, 0.717) is 6.04 Å². The summed E-state index contributed by atoms with van der Waals surface area (Å²) in [6, 6.07) is 9.11. The van der Waals surface area contributed by atoms with E-state index in [1.807, 2.05) is 11.7 Å². The Morgan fingerprint density at radius 2 is 1.95 bits per heavy atom. The predicted octanol–water partition coefficient (Wildman–Crippen LogP) is 3.48. The molecule has 0 aliphatic rings. The molecule has 1 aromatic heterocycles. The lowest BCUT2D eigenvalue weighted by Crippen LogP contribution is -2.23. The highest BCUT2D eigenvalue weighted by molar-refractivity contribution is 14.1. The van der Waals surface area contributed by atoms with Gasteiger partial charge in [0.1, 0.15) is 0 Å². The van der Waals surface area contributed by atoms with Gasteiger partial charge in [0.05, 0.1) is 5.69 Å². The van der Waals surface area contributed by atoms with Crippen molar-refractivity contribution >= 4 is 22.6 Å². The molecule has 0 aliphatic heterocycles. The number of hydrogen-bond donors (Lipinski definition) is 1. The number of hydrogen-bond acceptors (Lipinski definition) is 2. The van der Waals surface area contributed by atoms with Crippen LogP contribution in [-0.2, 0) is 19.9 Å². The maximum atomic E-state index is 4.56. The molecule has 2 aromatic rings. The molecular formula is C16H22IN3. The van der Waals surface area contributed by atoms with Crippen LogP contribution in [0.25, 0.3) is 0 Å². The van der Waals surface area contributed by atoms with Gasteiger partial charge in [-0.1, -0.05) is 26.0 Å². The van der Waals surface area contributed by atoms with Gasteiger partial charge in [-0.2, -0.15) is 5.10 Å². The topological polar surface area (TPSA) is 29.9 Å². The first-order valence-corrected chi connectivity index (χ1v) is 8.22. The lowest BCUT2D eigenvalue weighted by molar-refractivity contribution is 0.545. The summed E-state index contributed by atoms with van der Waals surface area (Å²) in [6.45, 7) is 5.29. The maximum absolute atomic E-state index is 4.56. The Bertz CT molecular complexity index is 545. The van der Waals surface area contributed by atoms with Crippen molar-refractivity contribution in [1.29, 1.82) is 0 Å². The Hall–Kier alpha value is -0.880. The molecule has 3 nitrogen and oxygen atoms in total. The van der Waals surface area contributed by atoms with E-state index in [1.54, 1.807) is 0 Å². The van der Waals surface area contributed by atoms with Crippen molar-refractivity contribution in [2.45, 2.75) is 32.7 Å². The Morgan fingerprint density at radius 1 is 1.25 bits per heavy atom. The summed E-state index contributed by atoms with van der Waals surface area (Å²) in [7, 11) is 2.00. The SMILES string of the molecule is CCNC(Cc1ccc(I)cc1)c1cn(C)nc1CC. The minimum atomic E-state index is 0.337. The molecule has 1 N–H and O–H groups in total. The molecule has 1 aromatic carbocycles. The van der Waals surface area contributed by atoms with E-state index in [9.17, 15) is 0 Å². The van der Waals surface area contributed by atoms with E-state index in [4.69, 9.17) is 0 Å². The molecule has 0 fully saturated rings. The van der Waals surface area contributed by atoms with E-state index >= 15 is 0 Å². The quantitative estimate of drug-likeness (QED) is 0.775. The van der Waals surface area contributed by atoms with Gasteiger partial charge in [0, 0.05) is 28.4 Å². The smallest absolute Gasteiger partial charge is 0.0669 e. The van der Waals surface area contributed by atoms with E-state index in [0.717, 1.165) is 19.4 Å². The van der Waals surface area contributed by atoms with Crippen LogP contribution in [0.5, 0.6) is 0 Å². The third-order valence-corrected chi connectivity index (χ3v) is 4.17. The first kappa shape index (κ1) is 15.5. The summed E-state index contributed by atoms with van der Waals surface area (Å²) < 4.78 is 3.20. The fourth-order valence-corrected chi connectivity index (χ4v) is 2.87. The highest BCUT2D eigenvalue weighted by atomic mass is 127. The molecule has 1 atom stereocenters.